The van der Waals surface area contributed by atoms with Crippen LogP contribution < -0.4 is 0 Å². The smallest absolute Gasteiger partial charge is 0.115 e. The monoisotopic (exact) mass is 364 g/mol. The van der Waals surface area contributed by atoms with Crippen LogP contribution in [0.1, 0.15) is 37.0 Å². The maximum Gasteiger partial charge on any atom is 0.115 e. The maximum atomic E-state index is 10.7. The number of H-pyrrole nitrogens is 1. The van der Waals surface area contributed by atoms with Gasteiger partial charge in [0.15, 0.2) is 0 Å². The van der Waals surface area contributed by atoms with E-state index in [1.165, 1.54) is 16.5 Å². The van der Waals surface area contributed by atoms with Crippen LogP contribution in [0.25, 0.3) is 10.9 Å². The normalized spacial score (nSPS) is 18.6. The molecule has 0 radical (unpaired) electrons. The lowest BCUT2D eigenvalue weighted by atomic mass is 9.88. The number of aromatic hydroxyl groups is 1. The molecule has 1 aromatic heterocycles. The molecule has 3 aromatic rings. The van der Waals surface area contributed by atoms with E-state index >= 15 is 0 Å². The molecule has 1 aliphatic rings. The molecule has 4 nitrogen and oxygen atoms in total. The van der Waals surface area contributed by atoms with Crippen LogP contribution in [0.5, 0.6) is 5.75 Å². The molecule has 0 saturated carbocycles. The zero-order valence-electron chi connectivity index (χ0n) is 15.8. The topological polar surface area (TPSA) is 59.5 Å². The van der Waals surface area contributed by atoms with Crippen molar-refractivity contribution in [1.82, 2.24) is 9.88 Å². The van der Waals surface area contributed by atoms with E-state index in [9.17, 15) is 10.2 Å². The first kappa shape index (κ1) is 18.1. The molecule has 3 N–H and O–H groups in total. The summed E-state index contributed by atoms with van der Waals surface area (Å²) in [5.74, 6) is 0.938. The predicted octanol–water partition coefficient (Wildman–Crippen LogP) is 4.25. The van der Waals surface area contributed by atoms with E-state index in [4.69, 9.17) is 0 Å². The number of rotatable bonds is 5. The highest BCUT2D eigenvalue weighted by Crippen LogP contribution is 2.28. The van der Waals surface area contributed by atoms with Crippen molar-refractivity contribution >= 4 is 10.9 Å². The third-order valence-corrected chi connectivity index (χ3v) is 6.06. The fraction of sp³-hybridized carbons (Fsp3) is 0.391. The number of aromatic amines is 1. The van der Waals surface area contributed by atoms with Crippen LogP contribution in [0.15, 0.2) is 54.7 Å². The van der Waals surface area contributed by atoms with Crippen molar-refractivity contribution in [2.24, 2.45) is 5.92 Å². The number of phenols is 1. The molecule has 27 heavy (non-hydrogen) atoms. The van der Waals surface area contributed by atoms with E-state index in [0.29, 0.717) is 5.92 Å². The summed E-state index contributed by atoms with van der Waals surface area (Å²) in [6.45, 7) is 4.14. The van der Waals surface area contributed by atoms with Crippen molar-refractivity contribution in [3.05, 3.63) is 65.9 Å². The fourth-order valence-electron chi connectivity index (χ4n) is 4.28. The fourth-order valence-corrected chi connectivity index (χ4v) is 4.28. The van der Waals surface area contributed by atoms with Gasteiger partial charge in [-0.2, -0.15) is 0 Å². The number of fused-ring (bicyclic) bond motifs is 1. The first-order valence-corrected chi connectivity index (χ1v) is 9.87. The maximum absolute atomic E-state index is 10.7. The Morgan fingerprint density at radius 3 is 2.56 bits per heavy atom. The molecule has 0 aliphatic carbocycles. The van der Waals surface area contributed by atoms with E-state index in [2.05, 4.69) is 41.1 Å². The molecule has 4 rings (SSSR count). The van der Waals surface area contributed by atoms with Crippen LogP contribution in [0.2, 0.25) is 0 Å². The lowest BCUT2D eigenvalue weighted by Gasteiger charge is -2.38. The molecule has 4 heteroatoms. The molecular formula is C23H28N2O2. The second-order valence-electron chi connectivity index (χ2n) is 7.86. The van der Waals surface area contributed by atoms with Crippen molar-refractivity contribution in [2.75, 3.05) is 13.1 Å². The van der Waals surface area contributed by atoms with Gasteiger partial charge in [-0.05, 0) is 92.0 Å². The highest BCUT2D eigenvalue weighted by Gasteiger charge is 2.27. The SMILES string of the molecule is CC(C(O)c1ccc(O)cc1)N1CCC(Cc2ccc3[nH]ccc3c2)CC1. The summed E-state index contributed by atoms with van der Waals surface area (Å²) in [6.07, 6.45) is 4.92. The highest BCUT2D eigenvalue weighted by atomic mass is 16.3. The van der Waals surface area contributed by atoms with Crippen LogP contribution >= 0.6 is 0 Å². The molecule has 142 valence electrons. The van der Waals surface area contributed by atoms with Crippen LogP contribution in [0, 0.1) is 5.92 Å². The summed E-state index contributed by atoms with van der Waals surface area (Å²) < 4.78 is 0. The minimum absolute atomic E-state index is 0.0756. The number of likely N-dealkylation sites (tertiary alicyclic amines) is 1. The summed E-state index contributed by atoms with van der Waals surface area (Å²) in [6, 6.07) is 15.8. The Labute approximate surface area is 160 Å². The number of aliphatic hydroxyl groups is 1. The Morgan fingerprint density at radius 1 is 1.07 bits per heavy atom. The molecule has 2 heterocycles. The first-order valence-electron chi connectivity index (χ1n) is 9.87. The number of nitrogens with zero attached hydrogens (tertiary/aromatic N) is 1. The third-order valence-electron chi connectivity index (χ3n) is 6.06. The summed E-state index contributed by atoms with van der Waals surface area (Å²) >= 11 is 0. The number of nitrogens with one attached hydrogen (secondary N) is 1. The van der Waals surface area contributed by atoms with E-state index in [0.717, 1.165) is 37.9 Å². The van der Waals surface area contributed by atoms with Gasteiger partial charge in [0.1, 0.15) is 5.75 Å². The van der Waals surface area contributed by atoms with Gasteiger partial charge >= 0.3 is 0 Å². The lowest BCUT2D eigenvalue weighted by molar-refractivity contribution is 0.0373. The number of hydrogen-bond donors (Lipinski definition) is 3. The largest absolute Gasteiger partial charge is 0.508 e. The predicted molar refractivity (Wildman–Crippen MR) is 109 cm³/mol. The van der Waals surface area contributed by atoms with Gasteiger partial charge < -0.3 is 15.2 Å². The van der Waals surface area contributed by atoms with Crippen LogP contribution in [0.4, 0.5) is 0 Å². The Kier molecular flexibility index (Phi) is 5.19. The number of hydrogen-bond acceptors (Lipinski definition) is 3. The number of benzene rings is 2. The molecule has 1 aliphatic heterocycles. The zero-order chi connectivity index (χ0) is 18.8. The molecule has 1 fully saturated rings. The van der Waals surface area contributed by atoms with Gasteiger partial charge in [-0.1, -0.05) is 18.2 Å². The molecule has 2 atom stereocenters. The average molecular weight is 364 g/mol. The minimum Gasteiger partial charge on any atom is -0.508 e. The number of phenolic OH excluding ortho intramolecular Hbond substituents is 1. The van der Waals surface area contributed by atoms with Crippen LogP contribution in [-0.4, -0.2) is 39.2 Å². The Hall–Kier alpha value is -2.30. The van der Waals surface area contributed by atoms with Crippen LogP contribution in [-0.2, 0) is 6.42 Å². The van der Waals surface area contributed by atoms with E-state index in [1.54, 1.807) is 24.3 Å². The number of aromatic nitrogens is 1. The molecule has 0 spiro atoms. The molecular weight excluding hydrogens is 336 g/mol. The average Bonchev–Trinajstić information content (AvgIpc) is 3.16. The summed E-state index contributed by atoms with van der Waals surface area (Å²) in [4.78, 5) is 5.64. The number of aliphatic hydroxyl groups excluding tert-OH is 1. The highest BCUT2D eigenvalue weighted by molar-refractivity contribution is 5.79. The Morgan fingerprint density at radius 2 is 1.81 bits per heavy atom. The van der Waals surface area contributed by atoms with Crippen molar-refractivity contribution < 1.29 is 10.2 Å². The first-order chi connectivity index (χ1) is 13.1. The molecule has 2 aromatic carbocycles. The van der Waals surface area contributed by atoms with Crippen LogP contribution in [0.3, 0.4) is 0 Å². The van der Waals surface area contributed by atoms with Crippen molar-refractivity contribution in [3.8, 4) is 5.75 Å². The van der Waals surface area contributed by atoms with E-state index in [1.807, 2.05) is 6.20 Å². The van der Waals surface area contributed by atoms with Gasteiger partial charge in [-0.25, -0.2) is 0 Å². The second kappa shape index (κ2) is 7.75. The summed E-state index contributed by atoms with van der Waals surface area (Å²) in [5.41, 5.74) is 3.48. The zero-order valence-corrected chi connectivity index (χ0v) is 15.8. The molecule has 2 unspecified atom stereocenters. The van der Waals surface area contributed by atoms with E-state index in [-0.39, 0.29) is 11.8 Å². The van der Waals surface area contributed by atoms with Gasteiger partial charge in [0, 0.05) is 17.8 Å². The summed E-state index contributed by atoms with van der Waals surface area (Å²) in [7, 11) is 0. The van der Waals surface area contributed by atoms with Crippen molar-refractivity contribution in [1.29, 1.82) is 0 Å². The molecule has 0 amide bonds. The Bertz CT molecular complexity index is 879. The summed E-state index contributed by atoms with van der Waals surface area (Å²) in [5, 5.41) is 21.4. The van der Waals surface area contributed by atoms with Gasteiger partial charge in [0.25, 0.3) is 0 Å². The molecule has 0 bridgehead atoms. The van der Waals surface area contributed by atoms with Crippen molar-refractivity contribution in [3.63, 3.8) is 0 Å². The van der Waals surface area contributed by atoms with E-state index < -0.39 is 6.10 Å². The standard InChI is InChI=1S/C23H28N2O2/c1-16(23(27)19-3-5-21(26)6-4-19)25-12-9-17(10-13-25)14-18-2-7-22-20(15-18)8-11-24-22/h2-8,11,15-17,23-24,26-27H,9-10,12-14H2,1H3. The third kappa shape index (κ3) is 4.02. The van der Waals surface area contributed by atoms with Gasteiger partial charge in [0.2, 0.25) is 0 Å². The minimum atomic E-state index is -0.529. The second-order valence-corrected chi connectivity index (χ2v) is 7.86. The van der Waals surface area contributed by atoms with Crippen molar-refractivity contribution in [2.45, 2.75) is 38.3 Å². The van der Waals surface area contributed by atoms with Gasteiger partial charge in [-0.15, -0.1) is 0 Å². The number of piperidine rings is 1. The quantitative estimate of drug-likeness (QED) is 0.634. The van der Waals surface area contributed by atoms with Gasteiger partial charge in [0.05, 0.1) is 6.10 Å². The lowest BCUT2D eigenvalue weighted by Crippen LogP contribution is -2.43. The Balaban J connectivity index is 1.33. The van der Waals surface area contributed by atoms with Gasteiger partial charge in [-0.3, -0.25) is 4.90 Å². The molecule has 1 saturated heterocycles.